The third-order valence-corrected chi connectivity index (χ3v) is 1.84. The van der Waals surface area contributed by atoms with Gasteiger partial charge in [0, 0.05) is 7.05 Å². The summed E-state index contributed by atoms with van der Waals surface area (Å²) in [6, 6.07) is 4.44. The first kappa shape index (κ1) is 7.09. The molecule has 1 aromatic carbocycles. The van der Waals surface area contributed by atoms with E-state index in [0.717, 1.165) is 0 Å². The number of hydrogen-bond acceptors (Lipinski definition) is 1. The molecule has 12 heavy (non-hydrogen) atoms. The van der Waals surface area contributed by atoms with Crippen molar-refractivity contribution in [3.05, 3.63) is 34.4 Å². The number of para-hydroxylation sites is 1. The fraction of sp³-hybridized carbons (Fsp3) is 0.125. The van der Waals surface area contributed by atoms with Gasteiger partial charge in [-0.15, -0.1) is 0 Å². The Labute approximate surface area is 67.4 Å². The van der Waals surface area contributed by atoms with Crippen molar-refractivity contribution in [3.63, 3.8) is 0 Å². The van der Waals surface area contributed by atoms with Gasteiger partial charge in [-0.1, -0.05) is 6.07 Å². The fourth-order valence-electron chi connectivity index (χ4n) is 1.31. The lowest BCUT2D eigenvalue weighted by Gasteiger charge is -1.94. The summed E-state index contributed by atoms with van der Waals surface area (Å²) in [6.45, 7) is 0. The average molecular weight is 166 g/mol. The van der Waals surface area contributed by atoms with Crippen molar-refractivity contribution < 1.29 is 4.39 Å². The lowest BCUT2D eigenvalue weighted by atomic mass is 10.2. The van der Waals surface area contributed by atoms with Crippen molar-refractivity contribution in [2.45, 2.75) is 0 Å². The number of nitrogens with one attached hydrogen (secondary N) is 1. The summed E-state index contributed by atoms with van der Waals surface area (Å²) in [4.78, 5) is 11.1. The second kappa shape index (κ2) is 2.20. The Hall–Kier alpha value is -1.58. The number of aromatic amines is 1. The minimum absolute atomic E-state index is 0.257. The van der Waals surface area contributed by atoms with E-state index in [1.54, 1.807) is 13.1 Å². The third-order valence-electron chi connectivity index (χ3n) is 1.84. The topological polar surface area (TPSA) is 37.8 Å². The summed E-state index contributed by atoms with van der Waals surface area (Å²) in [6.07, 6.45) is 0. The number of aromatic nitrogens is 2. The number of nitrogens with zero attached hydrogens (tertiary/aromatic N) is 1. The monoisotopic (exact) mass is 166 g/mol. The Morgan fingerprint density at radius 2 is 2.25 bits per heavy atom. The summed E-state index contributed by atoms with van der Waals surface area (Å²) in [5.41, 5.74) is 0.0644. The Kier molecular flexibility index (Phi) is 1.30. The van der Waals surface area contributed by atoms with Crippen LogP contribution in [0.3, 0.4) is 0 Å². The molecule has 0 bridgehead atoms. The average Bonchev–Trinajstić information content (AvgIpc) is 2.29. The Morgan fingerprint density at radius 3 is 2.92 bits per heavy atom. The van der Waals surface area contributed by atoms with Crippen LogP contribution in [0.4, 0.5) is 4.39 Å². The SMILES string of the molecule is Cn1[nH]c(=O)c2cccc(F)c21. The van der Waals surface area contributed by atoms with Crippen molar-refractivity contribution in [2.75, 3.05) is 0 Å². The normalized spacial score (nSPS) is 10.8. The Morgan fingerprint density at radius 1 is 1.50 bits per heavy atom. The van der Waals surface area contributed by atoms with Crippen LogP contribution in [0.5, 0.6) is 0 Å². The highest BCUT2D eigenvalue weighted by Crippen LogP contribution is 2.11. The second-order valence-corrected chi connectivity index (χ2v) is 2.64. The molecule has 1 aromatic heterocycles. The molecule has 1 heterocycles. The van der Waals surface area contributed by atoms with Crippen LogP contribution in [0.25, 0.3) is 10.9 Å². The Balaban J connectivity index is 3.09. The standard InChI is InChI=1S/C8H7FN2O/c1-11-7-5(8(12)10-11)3-2-4-6(7)9/h2-4H,1H3,(H,10,12). The molecule has 4 heteroatoms. The second-order valence-electron chi connectivity index (χ2n) is 2.64. The van der Waals surface area contributed by atoms with E-state index in [9.17, 15) is 9.18 Å². The van der Waals surface area contributed by atoms with Gasteiger partial charge < -0.3 is 0 Å². The summed E-state index contributed by atoms with van der Waals surface area (Å²) < 4.78 is 14.5. The van der Waals surface area contributed by atoms with Crippen molar-refractivity contribution in [1.82, 2.24) is 9.78 Å². The first-order valence-electron chi connectivity index (χ1n) is 3.53. The number of H-pyrrole nitrogens is 1. The minimum Gasteiger partial charge on any atom is -0.285 e. The van der Waals surface area contributed by atoms with E-state index in [2.05, 4.69) is 5.10 Å². The molecule has 0 aliphatic carbocycles. The van der Waals surface area contributed by atoms with Gasteiger partial charge in [0.2, 0.25) is 0 Å². The van der Waals surface area contributed by atoms with Crippen LogP contribution in [-0.2, 0) is 7.05 Å². The number of benzene rings is 1. The van der Waals surface area contributed by atoms with Gasteiger partial charge in [0.1, 0.15) is 11.3 Å². The molecule has 0 atom stereocenters. The van der Waals surface area contributed by atoms with Crippen molar-refractivity contribution >= 4 is 10.9 Å². The summed E-state index contributed by atoms with van der Waals surface area (Å²) >= 11 is 0. The summed E-state index contributed by atoms with van der Waals surface area (Å²) in [7, 11) is 1.60. The molecule has 2 aromatic rings. The highest BCUT2D eigenvalue weighted by Gasteiger charge is 2.06. The van der Waals surface area contributed by atoms with E-state index in [4.69, 9.17) is 0 Å². The molecular formula is C8H7FN2O. The highest BCUT2D eigenvalue weighted by molar-refractivity contribution is 5.78. The van der Waals surface area contributed by atoms with Crippen LogP contribution in [0, 0.1) is 5.82 Å². The van der Waals surface area contributed by atoms with Crippen molar-refractivity contribution in [2.24, 2.45) is 7.05 Å². The molecule has 0 saturated heterocycles. The van der Waals surface area contributed by atoms with Gasteiger partial charge in [0.15, 0.2) is 0 Å². The number of fused-ring (bicyclic) bond motifs is 1. The molecular weight excluding hydrogens is 159 g/mol. The van der Waals surface area contributed by atoms with Gasteiger partial charge in [-0.2, -0.15) is 0 Å². The third kappa shape index (κ3) is 0.777. The maximum absolute atomic E-state index is 13.1. The molecule has 0 aliphatic rings. The van der Waals surface area contributed by atoms with E-state index >= 15 is 0 Å². The molecule has 0 amide bonds. The van der Waals surface area contributed by atoms with Gasteiger partial charge in [0.05, 0.1) is 5.39 Å². The fourth-order valence-corrected chi connectivity index (χ4v) is 1.31. The lowest BCUT2D eigenvalue weighted by molar-refractivity contribution is 0.625. The number of rotatable bonds is 0. The van der Waals surface area contributed by atoms with E-state index in [0.29, 0.717) is 10.9 Å². The molecule has 3 nitrogen and oxygen atoms in total. The summed E-state index contributed by atoms with van der Waals surface area (Å²) in [5.74, 6) is -0.381. The van der Waals surface area contributed by atoms with Crippen LogP contribution >= 0.6 is 0 Å². The Bertz CT molecular complexity index is 483. The molecule has 0 unspecified atom stereocenters. The number of aryl methyl sites for hydroxylation is 1. The molecule has 0 radical (unpaired) electrons. The quantitative estimate of drug-likeness (QED) is 0.623. The van der Waals surface area contributed by atoms with Gasteiger partial charge in [-0.3, -0.25) is 14.6 Å². The van der Waals surface area contributed by atoms with Crippen LogP contribution in [0.2, 0.25) is 0 Å². The molecule has 2 rings (SSSR count). The zero-order valence-corrected chi connectivity index (χ0v) is 6.47. The first-order chi connectivity index (χ1) is 5.70. The lowest BCUT2D eigenvalue weighted by Crippen LogP contribution is -2.01. The molecule has 0 aliphatic heterocycles. The molecule has 62 valence electrons. The molecule has 0 saturated carbocycles. The van der Waals surface area contributed by atoms with Crippen LogP contribution in [0.1, 0.15) is 0 Å². The van der Waals surface area contributed by atoms with Crippen LogP contribution in [0.15, 0.2) is 23.0 Å². The van der Waals surface area contributed by atoms with E-state index < -0.39 is 0 Å². The first-order valence-corrected chi connectivity index (χ1v) is 3.53. The van der Waals surface area contributed by atoms with Gasteiger partial charge in [-0.05, 0) is 12.1 Å². The largest absolute Gasteiger partial charge is 0.285 e. The number of hydrogen-bond donors (Lipinski definition) is 1. The van der Waals surface area contributed by atoms with Crippen LogP contribution < -0.4 is 5.56 Å². The smallest absolute Gasteiger partial charge is 0.272 e. The molecule has 0 fully saturated rings. The minimum atomic E-state index is -0.381. The zero-order valence-electron chi connectivity index (χ0n) is 6.47. The number of halogens is 1. The predicted molar refractivity (Wildman–Crippen MR) is 43.5 cm³/mol. The van der Waals surface area contributed by atoms with Crippen molar-refractivity contribution in [1.29, 1.82) is 0 Å². The van der Waals surface area contributed by atoms with Gasteiger partial charge in [-0.25, -0.2) is 4.39 Å². The van der Waals surface area contributed by atoms with E-state index in [1.165, 1.54) is 16.8 Å². The van der Waals surface area contributed by atoms with E-state index in [-0.39, 0.29) is 11.4 Å². The maximum Gasteiger partial charge on any atom is 0.272 e. The van der Waals surface area contributed by atoms with E-state index in [1.807, 2.05) is 0 Å². The molecule has 1 N–H and O–H groups in total. The van der Waals surface area contributed by atoms with Gasteiger partial charge >= 0.3 is 0 Å². The van der Waals surface area contributed by atoms with Crippen molar-refractivity contribution in [3.8, 4) is 0 Å². The van der Waals surface area contributed by atoms with Crippen LogP contribution in [-0.4, -0.2) is 9.78 Å². The summed E-state index contributed by atoms with van der Waals surface area (Å²) in [5, 5.41) is 2.86. The predicted octanol–water partition coefficient (Wildman–Crippen LogP) is 1.01. The molecule has 0 spiro atoms. The zero-order chi connectivity index (χ0) is 8.72. The maximum atomic E-state index is 13.1. The van der Waals surface area contributed by atoms with Gasteiger partial charge in [0.25, 0.3) is 5.56 Å². The highest BCUT2D eigenvalue weighted by atomic mass is 19.1.